The number of carboxylic acid groups (broad SMARTS) is 1. The highest BCUT2D eigenvalue weighted by atomic mass is 16.4. The lowest BCUT2D eigenvalue weighted by molar-refractivity contribution is -0.0447. The van der Waals surface area contributed by atoms with Crippen molar-refractivity contribution >= 4 is 6.09 Å². The SMILES string of the molecule is O=C(O)NC12CC(C1)C2. The lowest BCUT2D eigenvalue weighted by atomic mass is 9.50. The molecule has 0 atom stereocenters. The minimum atomic E-state index is -0.867. The number of rotatable bonds is 1. The molecule has 2 bridgehead atoms. The number of nitrogens with one attached hydrogen (secondary N) is 1. The zero-order valence-corrected chi connectivity index (χ0v) is 5.05. The van der Waals surface area contributed by atoms with Gasteiger partial charge in [0.25, 0.3) is 0 Å². The average Bonchev–Trinajstić information content (AvgIpc) is 1.50. The van der Waals surface area contributed by atoms with Gasteiger partial charge in [-0.1, -0.05) is 0 Å². The van der Waals surface area contributed by atoms with E-state index in [4.69, 9.17) is 5.11 Å². The first kappa shape index (κ1) is 5.09. The van der Waals surface area contributed by atoms with Gasteiger partial charge in [0.1, 0.15) is 0 Å². The summed E-state index contributed by atoms with van der Waals surface area (Å²) >= 11 is 0. The first-order valence-corrected chi connectivity index (χ1v) is 3.21. The van der Waals surface area contributed by atoms with Crippen LogP contribution in [-0.2, 0) is 0 Å². The molecule has 0 unspecified atom stereocenters. The van der Waals surface area contributed by atoms with Gasteiger partial charge in [-0.15, -0.1) is 0 Å². The third kappa shape index (κ3) is 0.544. The van der Waals surface area contributed by atoms with E-state index in [2.05, 4.69) is 5.32 Å². The van der Waals surface area contributed by atoms with Crippen molar-refractivity contribution in [2.24, 2.45) is 5.92 Å². The number of hydrogen-bond acceptors (Lipinski definition) is 1. The van der Waals surface area contributed by atoms with Crippen LogP contribution in [0.4, 0.5) is 4.79 Å². The van der Waals surface area contributed by atoms with Crippen LogP contribution in [-0.4, -0.2) is 16.7 Å². The minimum absolute atomic E-state index is 0.0382. The molecule has 0 spiro atoms. The molecule has 3 heteroatoms. The van der Waals surface area contributed by atoms with Gasteiger partial charge in [-0.05, 0) is 25.2 Å². The number of carbonyl (C=O) groups is 1. The average molecular weight is 127 g/mol. The fraction of sp³-hybridized carbons (Fsp3) is 0.833. The zero-order valence-electron chi connectivity index (χ0n) is 5.05. The standard InChI is InChI=1S/C6H9NO2/c8-5(9)7-6-1-4(2-6)3-6/h4,7H,1-3H2,(H,8,9). The van der Waals surface area contributed by atoms with Crippen LogP contribution in [0.5, 0.6) is 0 Å². The summed E-state index contributed by atoms with van der Waals surface area (Å²) in [6.07, 6.45) is 2.38. The van der Waals surface area contributed by atoms with E-state index in [-0.39, 0.29) is 5.54 Å². The molecule has 3 saturated carbocycles. The highest BCUT2D eigenvalue weighted by molar-refractivity contribution is 5.66. The minimum Gasteiger partial charge on any atom is -0.465 e. The predicted octanol–water partition coefficient (Wildman–Crippen LogP) is 0.806. The molecule has 0 aliphatic heterocycles. The fourth-order valence-electron chi connectivity index (χ4n) is 1.86. The number of hydrogen-bond donors (Lipinski definition) is 2. The first-order valence-electron chi connectivity index (χ1n) is 3.21. The molecule has 1 amide bonds. The summed E-state index contributed by atoms with van der Waals surface area (Å²) in [6.45, 7) is 0. The Bertz CT molecular complexity index is 149. The quantitative estimate of drug-likeness (QED) is 0.547. The van der Waals surface area contributed by atoms with E-state index in [0.717, 1.165) is 25.2 Å². The van der Waals surface area contributed by atoms with Crippen LogP contribution >= 0.6 is 0 Å². The van der Waals surface area contributed by atoms with E-state index in [0.29, 0.717) is 0 Å². The topological polar surface area (TPSA) is 49.3 Å². The van der Waals surface area contributed by atoms with Gasteiger partial charge in [0, 0.05) is 5.54 Å². The Morgan fingerprint density at radius 3 is 2.22 bits per heavy atom. The second-order valence-electron chi connectivity index (χ2n) is 3.19. The Hall–Kier alpha value is -0.730. The monoisotopic (exact) mass is 127 g/mol. The van der Waals surface area contributed by atoms with E-state index in [1.165, 1.54) is 0 Å². The van der Waals surface area contributed by atoms with Crippen molar-refractivity contribution in [3.8, 4) is 0 Å². The molecule has 3 aliphatic rings. The molecule has 3 nitrogen and oxygen atoms in total. The molecular weight excluding hydrogens is 118 g/mol. The maximum atomic E-state index is 10.1. The van der Waals surface area contributed by atoms with Gasteiger partial charge >= 0.3 is 6.09 Å². The molecule has 9 heavy (non-hydrogen) atoms. The summed E-state index contributed by atoms with van der Waals surface area (Å²) in [6, 6.07) is 0. The Morgan fingerprint density at radius 1 is 1.56 bits per heavy atom. The van der Waals surface area contributed by atoms with E-state index in [1.54, 1.807) is 0 Å². The molecular formula is C6H9NO2. The lowest BCUT2D eigenvalue weighted by Gasteiger charge is -2.61. The van der Waals surface area contributed by atoms with Crippen molar-refractivity contribution in [1.82, 2.24) is 5.32 Å². The summed E-state index contributed by atoms with van der Waals surface area (Å²) in [7, 11) is 0. The van der Waals surface area contributed by atoms with Crippen molar-refractivity contribution < 1.29 is 9.90 Å². The number of amides is 1. The van der Waals surface area contributed by atoms with Crippen LogP contribution < -0.4 is 5.32 Å². The van der Waals surface area contributed by atoms with Gasteiger partial charge in [0.05, 0.1) is 0 Å². The summed E-state index contributed by atoms with van der Waals surface area (Å²) in [4.78, 5) is 10.1. The van der Waals surface area contributed by atoms with Crippen molar-refractivity contribution in [1.29, 1.82) is 0 Å². The van der Waals surface area contributed by atoms with Gasteiger partial charge in [-0.2, -0.15) is 0 Å². The molecule has 0 radical (unpaired) electrons. The fourth-order valence-corrected chi connectivity index (χ4v) is 1.86. The third-order valence-corrected chi connectivity index (χ3v) is 2.41. The summed E-state index contributed by atoms with van der Waals surface area (Å²) in [5, 5.41) is 10.9. The van der Waals surface area contributed by atoms with Crippen molar-refractivity contribution in [3.63, 3.8) is 0 Å². The molecule has 0 saturated heterocycles. The normalized spacial score (nSPS) is 44.7. The third-order valence-electron chi connectivity index (χ3n) is 2.41. The Kier molecular flexibility index (Phi) is 0.693. The maximum Gasteiger partial charge on any atom is 0.405 e. The molecule has 2 N–H and O–H groups in total. The molecule has 3 fully saturated rings. The van der Waals surface area contributed by atoms with E-state index in [9.17, 15) is 4.79 Å². The van der Waals surface area contributed by atoms with Crippen LogP contribution in [0.1, 0.15) is 19.3 Å². The predicted molar refractivity (Wildman–Crippen MR) is 31.2 cm³/mol. The second kappa shape index (κ2) is 1.23. The molecule has 50 valence electrons. The summed E-state index contributed by atoms with van der Waals surface area (Å²) in [5.74, 6) is 0.844. The molecule has 0 aromatic carbocycles. The van der Waals surface area contributed by atoms with Gasteiger partial charge in [0.2, 0.25) is 0 Å². The van der Waals surface area contributed by atoms with Crippen molar-refractivity contribution in [2.75, 3.05) is 0 Å². The van der Waals surface area contributed by atoms with Crippen molar-refractivity contribution in [2.45, 2.75) is 24.8 Å². The smallest absolute Gasteiger partial charge is 0.405 e. The van der Waals surface area contributed by atoms with Gasteiger partial charge < -0.3 is 10.4 Å². The molecule has 3 aliphatic carbocycles. The van der Waals surface area contributed by atoms with E-state index in [1.807, 2.05) is 0 Å². The van der Waals surface area contributed by atoms with Crippen LogP contribution in [0.25, 0.3) is 0 Å². The molecule has 0 heterocycles. The summed E-state index contributed by atoms with van der Waals surface area (Å²) in [5.41, 5.74) is 0.0382. The Balaban J connectivity index is 1.92. The molecule has 0 aromatic heterocycles. The molecule has 3 rings (SSSR count). The van der Waals surface area contributed by atoms with E-state index < -0.39 is 6.09 Å². The van der Waals surface area contributed by atoms with Gasteiger partial charge in [0.15, 0.2) is 0 Å². The first-order chi connectivity index (χ1) is 4.20. The van der Waals surface area contributed by atoms with Crippen LogP contribution in [0.15, 0.2) is 0 Å². The van der Waals surface area contributed by atoms with Gasteiger partial charge in [-0.25, -0.2) is 4.79 Å². The molecule has 0 aromatic rings. The van der Waals surface area contributed by atoms with Crippen molar-refractivity contribution in [3.05, 3.63) is 0 Å². The maximum absolute atomic E-state index is 10.1. The van der Waals surface area contributed by atoms with Crippen LogP contribution in [0, 0.1) is 5.92 Å². The highest BCUT2D eigenvalue weighted by Gasteiger charge is 2.57. The second-order valence-corrected chi connectivity index (χ2v) is 3.19. The van der Waals surface area contributed by atoms with E-state index >= 15 is 0 Å². The van der Waals surface area contributed by atoms with Crippen LogP contribution in [0.2, 0.25) is 0 Å². The largest absolute Gasteiger partial charge is 0.465 e. The Morgan fingerprint density at radius 2 is 2.11 bits per heavy atom. The van der Waals surface area contributed by atoms with Crippen LogP contribution in [0.3, 0.4) is 0 Å². The summed E-state index contributed by atoms with van der Waals surface area (Å²) < 4.78 is 0. The lowest BCUT2D eigenvalue weighted by Crippen LogP contribution is -2.67. The highest BCUT2D eigenvalue weighted by Crippen LogP contribution is 2.56. The zero-order chi connectivity index (χ0) is 6.48. The Labute approximate surface area is 53.1 Å². The van der Waals surface area contributed by atoms with Gasteiger partial charge in [-0.3, -0.25) is 0 Å².